The van der Waals surface area contributed by atoms with Crippen LogP contribution in [0, 0.1) is 11.3 Å². The summed E-state index contributed by atoms with van der Waals surface area (Å²) in [6.07, 6.45) is 4.20. The van der Waals surface area contributed by atoms with Gasteiger partial charge in [-0.05, 0) is 32.9 Å². The molecule has 2 aromatic rings. The molecule has 2 bridgehead atoms. The molecule has 2 aliphatic carbocycles. The maximum absolute atomic E-state index is 13.4. The van der Waals surface area contributed by atoms with Crippen molar-refractivity contribution in [1.82, 2.24) is 13.9 Å². The fraction of sp³-hybridized carbons (Fsp3) is 0.500. The number of aromatic nitrogens is 3. The number of fused-ring (bicyclic) bond motifs is 1. The molecule has 4 heterocycles. The van der Waals surface area contributed by atoms with Crippen molar-refractivity contribution >= 4 is 0 Å². The zero-order valence-electron chi connectivity index (χ0n) is 15.3. The number of nitrogens with zero attached hydrogens (tertiary/aromatic N) is 3. The number of ether oxygens (including phenoxy) is 1. The quantitative estimate of drug-likeness (QED) is 0.582. The Kier molecular flexibility index (Phi) is 2.10. The monoisotopic (exact) mass is 351 g/mol. The number of allylic oxidation sites excluding steroid dienone is 2. The normalized spacial score (nSPS) is 46.3. The first-order chi connectivity index (χ1) is 12.2. The van der Waals surface area contributed by atoms with Crippen molar-refractivity contribution in [1.29, 1.82) is 0 Å². The van der Waals surface area contributed by atoms with Crippen molar-refractivity contribution in [2.75, 3.05) is 0 Å². The van der Waals surface area contributed by atoms with Gasteiger partial charge >= 0.3 is 11.4 Å². The number of hydrogen-bond acceptors (Lipinski definition) is 3. The van der Waals surface area contributed by atoms with Gasteiger partial charge in [0.15, 0.2) is 0 Å². The van der Waals surface area contributed by atoms with E-state index < -0.39 is 5.54 Å². The minimum atomic E-state index is -0.604. The highest BCUT2D eigenvalue weighted by Crippen LogP contribution is 2.84. The van der Waals surface area contributed by atoms with Crippen LogP contribution >= 0.6 is 0 Å². The second-order valence-corrected chi connectivity index (χ2v) is 8.81. The summed E-state index contributed by atoms with van der Waals surface area (Å²) in [4.78, 5) is 26.7. The Balaban J connectivity index is 1.70. The van der Waals surface area contributed by atoms with Gasteiger partial charge in [-0.25, -0.2) is 23.5 Å². The van der Waals surface area contributed by atoms with E-state index in [0.29, 0.717) is 5.69 Å². The van der Waals surface area contributed by atoms with Gasteiger partial charge < -0.3 is 4.74 Å². The highest BCUT2D eigenvalue weighted by Gasteiger charge is 2.94. The van der Waals surface area contributed by atoms with Crippen LogP contribution in [0.3, 0.4) is 0 Å². The Morgan fingerprint density at radius 1 is 1.00 bits per heavy atom. The second kappa shape index (κ2) is 3.69. The van der Waals surface area contributed by atoms with E-state index in [2.05, 4.69) is 39.8 Å². The van der Waals surface area contributed by atoms with Gasteiger partial charge in [-0.1, -0.05) is 37.3 Å². The van der Waals surface area contributed by atoms with Gasteiger partial charge in [0.25, 0.3) is 0 Å². The van der Waals surface area contributed by atoms with Gasteiger partial charge in [-0.3, -0.25) is 0 Å². The smallest absolute Gasteiger partial charge is 0.352 e. The Bertz CT molecular complexity index is 1140. The van der Waals surface area contributed by atoms with Gasteiger partial charge in [0.2, 0.25) is 0 Å². The van der Waals surface area contributed by atoms with E-state index in [9.17, 15) is 9.59 Å². The van der Waals surface area contributed by atoms with Crippen molar-refractivity contribution in [2.45, 2.75) is 50.5 Å². The Hall–Kier alpha value is -2.34. The van der Waals surface area contributed by atoms with Crippen LogP contribution in [-0.4, -0.2) is 25.1 Å². The third kappa shape index (κ3) is 1.08. The van der Waals surface area contributed by atoms with Crippen molar-refractivity contribution in [3.8, 4) is 5.69 Å². The van der Waals surface area contributed by atoms with Crippen LogP contribution in [-0.2, 0) is 10.3 Å². The minimum absolute atomic E-state index is 0.160. The molecule has 0 spiro atoms. The maximum atomic E-state index is 13.4. The van der Waals surface area contributed by atoms with Crippen molar-refractivity contribution in [3.05, 3.63) is 63.5 Å². The molecule has 6 nitrogen and oxygen atoms in total. The molecule has 6 heteroatoms. The molecule has 2 fully saturated rings. The summed E-state index contributed by atoms with van der Waals surface area (Å²) in [5.74, 6) is 0.179. The van der Waals surface area contributed by atoms with Crippen LogP contribution in [0.2, 0.25) is 0 Å². The SMILES string of the molecule is C[C@]12O[C@]1(C)[C@H]1[C@H]3C=C[C@@](C)(n4c(=O)n(-c5ccccc5)c(=O)n43)[C@]12C. The van der Waals surface area contributed by atoms with E-state index >= 15 is 0 Å². The molecule has 0 amide bonds. The van der Waals surface area contributed by atoms with E-state index in [1.807, 2.05) is 18.2 Å². The van der Waals surface area contributed by atoms with Gasteiger partial charge in [0.1, 0.15) is 11.2 Å². The Labute approximate surface area is 150 Å². The Morgan fingerprint density at radius 3 is 2.38 bits per heavy atom. The standard InChI is InChI=1S/C20H21N3O3/c1-17-11-10-13(14-18(17,2)20(4)19(14,3)26-20)22-15(24)21(16(25)23(17)22)12-8-6-5-7-9-12/h5-11,13-14H,1-4H3/t13-,14+,17-,18+,19-,20-/m1/s1. The molecule has 3 aliphatic heterocycles. The molecule has 0 N–H and O–H groups in total. The van der Waals surface area contributed by atoms with Gasteiger partial charge in [-0.2, -0.15) is 0 Å². The molecule has 7 rings (SSSR count). The van der Waals surface area contributed by atoms with Crippen LogP contribution < -0.4 is 11.4 Å². The van der Waals surface area contributed by atoms with Gasteiger partial charge in [0, 0.05) is 11.3 Å². The second-order valence-electron chi connectivity index (χ2n) is 8.81. The number of benzene rings is 1. The minimum Gasteiger partial charge on any atom is -0.362 e. The third-order valence-corrected chi connectivity index (χ3v) is 8.25. The lowest BCUT2D eigenvalue weighted by atomic mass is 9.38. The van der Waals surface area contributed by atoms with E-state index in [4.69, 9.17) is 4.74 Å². The number of hydrogen-bond donors (Lipinski definition) is 0. The fourth-order valence-electron chi connectivity index (χ4n) is 6.64. The van der Waals surface area contributed by atoms with Crippen LogP contribution in [0.15, 0.2) is 52.1 Å². The van der Waals surface area contributed by atoms with Crippen molar-refractivity contribution in [2.24, 2.45) is 11.3 Å². The largest absolute Gasteiger partial charge is 0.362 e. The Morgan fingerprint density at radius 2 is 1.69 bits per heavy atom. The molecule has 0 unspecified atom stereocenters. The molecule has 6 atom stereocenters. The van der Waals surface area contributed by atoms with Crippen molar-refractivity contribution in [3.63, 3.8) is 0 Å². The number of epoxide rings is 1. The van der Waals surface area contributed by atoms with Crippen LogP contribution in [0.1, 0.15) is 33.7 Å². The van der Waals surface area contributed by atoms with Crippen LogP contribution in [0.4, 0.5) is 0 Å². The lowest BCUT2D eigenvalue weighted by Gasteiger charge is -2.67. The highest BCUT2D eigenvalue weighted by atomic mass is 16.6. The van der Waals surface area contributed by atoms with E-state index in [-0.39, 0.29) is 40.0 Å². The first-order valence-corrected chi connectivity index (χ1v) is 9.14. The average Bonchev–Trinajstić information content (AvgIpc) is 2.98. The lowest BCUT2D eigenvalue weighted by molar-refractivity contribution is -0.148. The summed E-state index contributed by atoms with van der Waals surface area (Å²) in [5, 5.41) is 0. The molecule has 134 valence electrons. The summed E-state index contributed by atoms with van der Waals surface area (Å²) in [6, 6.07) is 9.00. The summed E-state index contributed by atoms with van der Waals surface area (Å²) in [6.45, 7) is 8.55. The maximum Gasteiger partial charge on any atom is 0.352 e. The molecule has 1 saturated heterocycles. The molecule has 0 radical (unpaired) electrons. The zero-order chi connectivity index (χ0) is 18.3. The topological polar surface area (TPSA) is 61.5 Å². The van der Waals surface area contributed by atoms with Gasteiger partial charge in [-0.15, -0.1) is 0 Å². The summed E-state index contributed by atoms with van der Waals surface area (Å²) in [7, 11) is 0. The van der Waals surface area contributed by atoms with Crippen LogP contribution in [0.25, 0.3) is 5.69 Å². The summed E-state index contributed by atoms with van der Waals surface area (Å²) < 4.78 is 10.8. The first-order valence-electron chi connectivity index (χ1n) is 9.14. The van der Waals surface area contributed by atoms with Crippen LogP contribution in [0.5, 0.6) is 0 Å². The predicted octanol–water partition coefficient (Wildman–Crippen LogP) is 1.82. The number of rotatable bonds is 1. The summed E-state index contributed by atoms with van der Waals surface area (Å²) >= 11 is 0. The molecule has 1 aromatic heterocycles. The predicted molar refractivity (Wildman–Crippen MR) is 95.6 cm³/mol. The molecule has 5 aliphatic rings. The number of para-hydroxylation sites is 1. The lowest BCUT2D eigenvalue weighted by Crippen LogP contribution is -2.77. The molecule has 1 aromatic carbocycles. The molecule has 26 heavy (non-hydrogen) atoms. The van der Waals surface area contributed by atoms with Gasteiger partial charge in [0.05, 0.1) is 17.3 Å². The molecular weight excluding hydrogens is 330 g/mol. The van der Waals surface area contributed by atoms with E-state index in [1.165, 1.54) is 4.57 Å². The fourth-order valence-corrected chi connectivity index (χ4v) is 6.64. The van der Waals surface area contributed by atoms with Crippen molar-refractivity contribution < 1.29 is 4.74 Å². The highest BCUT2D eigenvalue weighted by molar-refractivity contribution is 5.46. The molecule has 1 saturated carbocycles. The first kappa shape index (κ1) is 14.8. The summed E-state index contributed by atoms with van der Waals surface area (Å²) in [5.41, 5.74) is -1.28. The molecular formula is C20H21N3O3. The third-order valence-electron chi connectivity index (χ3n) is 8.25. The average molecular weight is 351 g/mol. The zero-order valence-corrected chi connectivity index (χ0v) is 15.3. The van der Waals surface area contributed by atoms with E-state index in [0.717, 1.165) is 0 Å². The van der Waals surface area contributed by atoms with E-state index in [1.54, 1.807) is 21.5 Å².